The number of nitrogen functional groups attached to an aromatic ring is 2. The highest BCUT2D eigenvalue weighted by atomic mass is 32.2. The monoisotopic (exact) mass is 752 g/mol. The fourth-order valence-corrected chi connectivity index (χ4v) is 7.96. The number of pyridine rings is 2. The Kier molecular flexibility index (Phi) is 11.7. The van der Waals surface area contributed by atoms with Crippen molar-refractivity contribution in [2.45, 2.75) is 72.2 Å². The number of nitrogens with zero attached hydrogens (tertiary/aromatic N) is 6. The molecule has 52 heavy (non-hydrogen) atoms. The molecule has 0 aliphatic rings. The first-order valence-electron chi connectivity index (χ1n) is 17.1. The van der Waals surface area contributed by atoms with Crippen LogP contribution in [0.4, 0.5) is 11.6 Å². The van der Waals surface area contributed by atoms with E-state index in [9.17, 15) is 16.8 Å². The molecule has 15 nitrogen and oxygen atoms in total. The highest BCUT2D eigenvalue weighted by molar-refractivity contribution is 7.89. The topological polar surface area (TPSA) is 215 Å². The summed E-state index contributed by atoms with van der Waals surface area (Å²) in [6.07, 6.45) is 4.72. The molecule has 0 bridgehead atoms. The maximum Gasteiger partial charge on any atom is 0.209 e. The molecule has 6 rings (SSSR count). The number of ether oxygens (including phenoxy) is 1. The fourth-order valence-electron chi connectivity index (χ4n) is 6.38. The summed E-state index contributed by atoms with van der Waals surface area (Å²) in [5.41, 5.74) is 16.3. The minimum atomic E-state index is -3.37. The summed E-state index contributed by atoms with van der Waals surface area (Å²) in [5, 5.41) is 1.94. The number of hydrogen-bond acceptors (Lipinski definition) is 11. The van der Waals surface area contributed by atoms with Crippen LogP contribution >= 0.6 is 0 Å². The third kappa shape index (κ3) is 9.14. The van der Waals surface area contributed by atoms with Gasteiger partial charge < -0.3 is 25.3 Å². The highest BCUT2D eigenvalue weighted by Gasteiger charge is 2.27. The second-order valence-electron chi connectivity index (χ2n) is 13.3. The van der Waals surface area contributed by atoms with E-state index in [1.165, 1.54) is 6.26 Å². The number of fused-ring (bicyclic) bond motifs is 6. The fraction of sp³-hybridized carbons (Fsp3) is 0.429. The van der Waals surface area contributed by atoms with E-state index >= 15 is 0 Å². The van der Waals surface area contributed by atoms with Gasteiger partial charge in [-0.1, -0.05) is 43.3 Å². The largest absolute Gasteiger partial charge is 0.382 e. The molecule has 6 N–H and O–H groups in total. The summed E-state index contributed by atoms with van der Waals surface area (Å²) in [6, 6.07) is 15.6. The van der Waals surface area contributed by atoms with Gasteiger partial charge in [0.15, 0.2) is 11.6 Å². The summed E-state index contributed by atoms with van der Waals surface area (Å²) in [6.45, 7) is 10.1. The van der Waals surface area contributed by atoms with Gasteiger partial charge in [0.05, 0.1) is 34.6 Å². The molecule has 0 spiro atoms. The molecule has 0 amide bonds. The standard InChI is InChI=1S/C18H25N5O3S.C17H23N5O2S/c1-5-26-10-14-21-15-16(12-8-6-7-9-13(12)20-17(15)19)23(14)11-18(2,3)22-27(4,24)25;1-3-14-21-15-16(12-8-4-5-9-13(12)20-17(15)18)22(14)11-7-6-10-19-25(2,23)24/h6-9,22H,5,10-11H2,1-4H3,(H2,19,20);4-5,8-9,19H,3,6-7,10-11H2,1-2H3,(H2,18,20). The molecule has 0 fully saturated rings. The van der Waals surface area contributed by atoms with Gasteiger partial charge in [-0.2, -0.15) is 0 Å². The quantitative estimate of drug-likeness (QED) is 0.116. The van der Waals surface area contributed by atoms with Crippen molar-refractivity contribution >= 4 is 75.6 Å². The molecule has 0 atom stereocenters. The number of benzene rings is 2. The van der Waals surface area contributed by atoms with Crippen molar-refractivity contribution in [1.82, 2.24) is 38.5 Å². The van der Waals surface area contributed by atoms with Gasteiger partial charge in [0, 0.05) is 49.0 Å². The molecule has 4 heterocycles. The van der Waals surface area contributed by atoms with E-state index in [-0.39, 0.29) is 0 Å². The highest BCUT2D eigenvalue weighted by Crippen LogP contribution is 2.31. The van der Waals surface area contributed by atoms with E-state index < -0.39 is 25.6 Å². The second-order valence-corrected chi connectivity index (χ2v) is 16.9. The molecule has 0 radical (unpaired) electrons. The van der Waals surface area contributed by atoms with Gasteiger partial charge in [0.2, 0.25) is 20.0 Å². The lowest BCUT2D eigenvalue weighted by Crippen LogP contribution is -2.46. The van der Waals surface area contributed by atoms with Crippen LogP contribution in [-0.2, 0) is 50.9 Å². The number of para-hydroxylation sites is 2. The van der Waals surface area contributed by atoms with E-state index in [1.807, 2.05) is 73.9 Å². The molecule has 0 saturated carbocycles. The summed E-state index contributed by atoms with van der Waals surface area (Å²) >= 11 is 0. The van der Waals surface area contributed by atoms with Crippen LogP contribution in [0.1, 0.15) is 52.2 Å². The Morgan fingerprint density at radius 2 is 1.29 bits per heavy atom. The van der Waals surface area contributed by atoms with Gasteiger partial charge in [-0.15, -0.1) is 0 Å². The first kappa shape index (κ1) is 38.8. The molecule has 0 aliphatic heterocycles. The summed E-state index contributed by atoms with van der Waals surface area (Å²) in [7, 11) is -6.51. The number of imidazole rings is 2. The molecule has 6 aromatic rings. The summed E-state index contributed by atoms with van der Waals surface area (Å²) in [5.74, 6) is 2.44. The number of nitrogens with two attached hydrogens (primary N) is 2. The van der Waals surface area contributed by atoms with Crippen LogP contribution in [0.3, 0.4) is 0 Å². The van der Waals surface area contributed by atoms with E-state index in [0.717, 1.165) is 76.2 Å². The first-order valence-corrected chi connectivity index (χ1v) is 20.9. The maximum atomic E-state index is 11.8. The van der Waals surface area contributed by atoms with E-state index in [4.69, 9.17) is 16.2 Å². The number of rotatable bonds is 14. The van der Waals surface area contributed by atoms with Crippen molar-refractivity contribution in [3.05, 3.63) is 60.2 Å². The number of aryl methyl sites for hydroxylation is 2. The van der Waals surface area contributed by atoms with Crippen LogP contribution in [0.2, 0.25) is 0 Å². The van der Waals surface area contributed by atoms with Crippen molar-refractivity contribution in [2.24, 2.45) is 0 Å². The Morgan fingerprint density at radius 3 is 1.81 bits per heavy atom. The Balaban J connectivity index is 0.000000202. The molecule has 0 unspecified atom stereocenters. The Bertz CT molecular complexity index is 2440. The molecular formula is C35H48N10O5S2. The van der Waals surface area contributed by atoms with Crippen molar-refractivity contribution < 1.29 is 21.6 Å². The van der Waals surface area contributed by atoms with Crippen molar-refractivity contribution in [3.63, 3.8) is 0 Å². The number of aromatic nitrogens is 6. The zero-order valence-corrected chi connectivity index (χ0v) is 32.1. The third-order valence-electron chi connectivity index (χ3n) is 8.32. The number of nitrogens with one attached hydrogen (secondary N) is 2. The van der Waals surface area contributed by atoms with Crippen LogP contribution in [0.5, 0.6) is 0 Å². The van der Waals surface area contributed by atoms with Crippen LogP contribution in [0, 0.1) is 0 Å². The van der Waals surface area contributed by atoms with Gasteiger partial charge in [0.25, 0.3) is 0 Å². The predicted octanol–water partition coefficient (Wildman–Crippen LogP) is 4.09. The van der Waals surface area contributed by atoms with Gasteiger partial charge in [0.1, 0.15) is 29.3 Å². The van der Waals surface area contributed by atoms with Gasteiger partial charge in [-0.3, -0.25) is 0 Å². The normalized spacial score (nSPS) is 12.6. The third-order valence-corrected chi connectivity index (χ3v) is 9.97. The molecule has 280 valence electrons. The predicted molar refractivity (Wildman–Crippen MR) is 208 cm³/mol. The Labute approximate surface area is 304 Å². The lowest BCUT2D eigenvalue weighted by atomic mass is 10.1. The number of unbranched alkanes of at least 4 members (excludes halogenated alkanes) is 1. The van der Waals surface area contributed by atoms with E-state index in [0.29, 0.717) is 49.3 Å². The van der Waals surface area contributed by atoms with Gasteiger partial charge in [-0.05, 0) is 45.7 Å². The summed E-state index contributed by atoms with van der Waals surface area (Å²) in [4.78, 5) is 18.2. The molecule has 17 heteroatoms. The zero-order chi connectivity index (χ0) is 37.8. The molecule has 0 aliphatic carbocycles. The van der Waals surface area contributed by atoms with Crippen molar-refractivity contribution in [1.29, 1.82) is 0 Å². The zero-order valence-electron chi connectivity index (χ0n) is 30.5. The van der Waals surface area contributed by atoms with Crippen molar-refractivity contribution in [2.75, 3.05) is 37.1 Å². The van der Waals surface area contributed by atoms with Crippen LogP contribution in [0.15, 0.2) is 48.5 Å². The van der Waals surface area contributed by atoms with Crippen LogP contribution in [-0.4, -0.2) is 77.1 Å². The smallest absolute Gasteiger partial charge is 0.209 e. The molecule has 4 aromatic heterocycles. The molecule has 2 aromatic carbocycles. The van der Waals surface area contributed by atoms with Gasteiger partial charge >= 0.3 is 0 Å². The average molecular weight is 753 g/mol. The second kappa shape index (κ2) is 15.7. The lowest BCUT2D eigenvalue weighted by Gasteiger charge is -2.27. The number of anilines is 2. The van der Waals surface area contributed by atoms with Crippen molar-refractivity contribution in [3.8, 4) is 0 Å². The van der Waals surface area contributed by atoms with E-state index in [1.54, 1.807) is 0 Å². The number of sulfonamides is 2. The van der Waals surface area contributed by atoms with E-state index in [2.05, 4.69) is 40.9 Å². The molecular weight excluding hydrogens is 705 g/mol. The number of hydrogen-bond donors (Lipinski definition) is 4. The minimum absolute atomic E-state index is 0.300. The minimum Gasteiger partial charge on any atom is -0.382 e. The maximum absolute atomic E-state index is 11.8. The average Bonchev–Trinajstić information content (AvgIpc) is 3.61. The Hall–Kier alpha value is -4.42. The summed E-state index contributed by atoms with van der Waals surface area (Å²) < 4.78 is 60.8. The van der Waals surface area contributed by atoms with Crippen LogP contribution < -0.4 is 20.9 Å². The first-order chi connectivity index (χ1) is 24.5. The van der Waals surface area contributed by atoms with Gasteiger partial charge in [-0.25, -0.2) is 46.2 Å². The lowest BCUT2D eigenvalue weighted by molar-refractivity contribution is 0.125. The molecule has 0 saturated heterocycles. The van der Waals surface area contributed by atoms with Crippen LogP contribution in [0.25, 0.3) is 43.9 Å². The SMILES string of the molecule is CCOCc1nc2c(N)nc3ccccc3c2n1CC(C)(C)NS(C)(=O)=O.CCc1nc2c(N)nc3ccccc3c2n1CCCCNS(C)(=O)=O. The Morgan fingerprint density at radius 1 is 0.750 bits per heavy atom.